The fourth-order valence-corrected chi connectivity index (χ4v) is 2.15. The molecule has 2 aromatic rings. The molecule has 0 atom stereocenters. The summed E-state index contributed by atoms with van der Waals surface area (Å²) < 4.78 is 0. The maximum Gasteiger partial charge on any atom is 0.336 e. The van der Waals surface area contributed by atoms with Crippen LogP contribution in [0.1, 0.15) is 36.6 Å². The molecule has 0 bridgehead atoms. The van der Waals surface area contributed by atoms with Gasteiger partial charge in [-0.3, -0.25) is 4.79 Å². The molecule has 0 spiro atoms. The van der Waals surface area contributed by atoms with Crippen LogP contribution in [0.5, 0.6) is 0 Å². The van der Waals surface area contributed by atoms with E-state index in [1.54, 1.807) is 6.92 Å². The van der Waals surface area contributed by atoms with Crippen LogP contribution in [0.4, 0.5) is 0 Å². The molecule has 19 heavy (non-hydrogen) atoms. The van der Waals surface area contributed by atoms with Crippen molar-refractivity contribution in [1.82, 2.24) is 0 Å². The van der Waals surface area contributed by atoms with Crippen LogP contribution < -0.4 is 0 Å². The summed E-state index contributed by atoms with van der Waals surface area (Å²) in [5.41, 5.74) is 0.689. The van der Waals surface area contributed by atoms with Crippen molar-refractivity contribution in [2.75, 3.05) is 0 Å². The monoisotopic (exact) mass is 258 g/mol. The van der Waals surface area contributed by atoms with Gasteiger partial charge in [0.2, 0.25) is 0 Å². The van der Waals surface area contributed by atoms with Crippen LogP contribution >= 0.6 is 0 Å². The minimum atomic E-state index is -1.20. The smallest absolute Gasteiger partial charge is 0.336 e. The maximum absolute atomic E-state index is 11.2. The number of carbonyl (C=O) groups is 3. The Morgan fingerprint density at radius 3 is 2.00 bits per heavy atom. The summed E-state index contributed by atoms with van der Waals surface area (Å²) >= 11 is 0. The summed E-state index contributed by atoms with van der Waals surface area (Å²) in [5.74, 6) is -2.36. The van der Waals surface area contributed by atoms with Gasteiger partial charge in [0.25, 0.3) is 0 Å². The second-order valence-electron chi connectivity index (χ2n) is 4.11. The number of carbonyl (C=O) groups excluding carboxylic acids is 1. The van der Waals surface area contributed by atoms with Crippen LogP contribution in [0.3, 0.4) is 0 Å². The highest BCUT2D eigenvalue weighted by molar-refractivity contribution is 6.16. The standard InChI is InChI=1S/C14H10O5/c1-7-2-4-10(14(18)19)12-8(6-15)3-5-9(11(7)12)13(16)17/h2-6H,1H3,(H,16,17)(H,18,19). The Labute approximate surface area is 108 Å². The molecule has 0 saturated carbocycles. The Morgan fingerprint density at radius 1 is 0.947 bits per heavy atom. The normalized spacial score (nSPS) is 10.4. The summed E-state index contributed by atoms with van der Waals surface area (Å²) in [6, 6.07) is 5.54. The van der Waals surface area contributed by atoms with Gasteiger partial charge in [-0.25, -0.2) is 9.59 Å². The molecular weight excluding hydrogens is 248 g/mol. The van der Waals surface area contributed by atoms with E-state index in [1.165, 1.54) is 24.3 Å². The van der Waals surface area contributed by atoms with Gasteiger partial charge in [0.1, 0.15) is 0 Å². The lowest BCUT2D eigenvalue weighted by Crippen LogP contribution is -2.05. The molecule has 0 heterocycles. The molecule has 96 valence electrons. The second-order valence-corrected chi connectivity index (χ2v) is 4.11. The molecule has 0 fully saturated rings. The molecule has 2 aromatic carbocycles. The van der Waals surface area contributed by atoms with Gasteiger partial charge in [-0.15, -0.1) is 0 Å². The van der Waals surface area contributed by atoms with Crippen molar-refractivity contribution in [3.63, 3.8) is 0 Å². The zero-order valence-electron chi connectivity index (χ0n) is 10.0. The molecule has 2 N–H and O–H groups in total. The van der Waals surface area contributed by atoms with E-state index >= 15 is 0 Å². The van der Waals surface area contributed by atoms with Crippen molar-refractivity contribution in [1.29, 1.82) is 0 Å². The van der Waals surface area contributed by atoms with Crippen LogP contribution in [-0.4, -0.2) is 28.4 Å². The Bertz CT molecular complexity index is 715. The van der Waals surface area contributed by atoms with E-state index in [2.05, 4.69) is 0 Å². The number of benzene rings is 2. The number of hydrogen-bond donors (Lipinski definition) is 2. The van der Waals surface area contributed by atoms with Gasteiger partial charge in [-0.2, -0.15) is 0 Å². The summed E-state index contributed by atoms with van der Waals surface area (Å²) in [4.78, 5) is 33.5. The molecule has 0 aliphatic heterocycles. The molecule has 0 unspecified atom stereocenters. The van der Waals surface area contributed by atoms with E-state index < -0.39 is 11.9 Å². The van der Waals surface area contributed by atoms with Crippen LogP contribution in [0.15, 0.2) is 24.3 Å². The van der Waals surface area contributed by atoms with E-state index in [1.807, 2.05) is 0 Å². The Balaban J connectivity index is 3.08. The number of rotatable bonds is 3. The van der Waals surface area contributed by atoms with Crippen molar-refractivity contribution in [2.45, 2.75) is 6.92 Å². The number of aldehydes is 1. The highest BCUT2D eigenvalue weighted by Gasteiger charge is 2.18. The summed E-state index contributed by atoms with van der Waals surface area (Å²) in [6.45, 7) is 1.68. The van der Waals surface area contributed by atoms with Crippen molar-refractivity contribution in [3.8, 4) is 0 Å². The lowest BCUT2D eigenvalue weighted by Gasteiger charge is -2.11. The number of fused-ring (bicyclic) bond motifs is 1. The van der Waals surface area contributed by atoms with Gasteiger partial charge >= 0.3 is 11.9 Å². The molecule has 5 heteroatoms. The molecule has 0 aliphatic carbocycles. The summed E-state index contributed by atoms with van der Waals surface area (Å²) in [5, 5.41) is 18.8. The highest BCUT2D eigenvalue weighted by atomic mass is 16.4. The average Bonchev–Trinajstić information content (AvgIpc) is 2.37. The Hall–Kier alpha value is -2.69. The van der Waals surface area contributed by atoms with Gasteiger partial charge in [-0.05, 0) is 24.6 Å². The SMILES string of the molecule is Cc1ccc(C(=O)O)c2c(C=O)ccc(C(=O)O)c12. The van der Waals surface area contributed by atoms with Gasteiger partial charge in [0.15, 0.2) is 6.29 Å². The number of aryl methyl sites for hydroxylation is 1. The zero-order chi connectivity index (χ0) is 14.2. The molecule has 0 aliphatic rings. The molecule has 0 radical (unpaired) electrons. The van der Waals surface area contributed by atoms with E-state index in [9.17, 15) is 14.4 Å². The van der Waals surface area contributed by atoms with Crippen molar-refractivity contribution >= 4 is 29.0 Å². The maximum atomic E-state index is 11.2. The predicted octanol–water partition coefficient (Wildman–Crippen LogP) is 2.36. The third kappa shape index (κ3) is 1.95. The lowest BCUT2D eigenvalue weighted by molar-refractivity contribution is 0.0686. The van der Waals surface area contributed by atoms with Gasteiger partial charge in [-0.1, -0.05) is 12.1 Å². The van der Waals surface area contributed by atoms with E-state index in [0.717, 1.165) is 0 Å². The molecule has 2 rings (SSSR count). The average molecular weight is 258 g/mol. The van der Waals surface area contributed by atoms with Crippen LogP contribution in [0, 0.1) is 6.92 Å². The van der Waals surface area contributed by atoms with Crippen LogP contribution in [-0.2, 0) is 0 Å². The van der Waals surface area contributed by atoms with E-state index in [0.29, 0.717) is 11.8 Å². The lowest BCUT2D eigenvalue weighted by atomic mass is 9.92. The zero-order valence-corrected chi connectivity index (χ0v) is 10.0. The quantitative estimate of drug-likeness (QED) is 0.824. The fourth-order valence-electron chi connectivity index (χ4n) is 2.15. The predicted molar refractivity (Wildman–Crippen MR) is 68.0 cm³/mol. The first-order valence-electron chi connectivity index (χ1n) is 5.45. The Kier molecular flexibility index (Phi) is 3.04. The largest absolute Gasteiger partial charge is 0.478 e. The third-order valence-corrected chi connectivity index (χ3v) is 2.99. The van der Waals surface area contributed by atoms with Gasteiger partial charge in [0, 0.05) is 16.3 Å². The number of aromatic carboxylic acids is 2. The minimum Gasteiger partial charge on any atom is -0.478 e. The summed E-state index contributed by atoms with van der Waals surface area (Å²) in [7, 11) is 0. The highest BCUT2D eigenvalue weighted by Crippen LogP contribution is 2.29. The molecule has 0 aromatic heterocycles. The van der Waals surface area contributed by atoms with Crippen molar-refractivity contribution in [3.05, 3.63) is 46.5 Å². The topological polar surface area (TPSA) is 91.7 Å². The van der Waals surface area contributed by atoms with E-state index in [-0.39, 0.29) is 27.5 Å². The first-order chi connectivity index (χ1) is 8.97. The minimum absolute atomic E-state index is 0.0128. The number of carboxylic acid groups (broad SMARTS) is 2. The van der Waals surface area contributed by atoms with Crippen LogP contribution in [0.25, 0.3) is 10.8 Å². The molecule has 0 amide bonds. The molecular formula is C14H10O5. The Morgan fingerprint density at radius 2 is 1.47 bits per heavy atom. The summed E-state index contributed by atoms with van der Waals surface area (Å²) in [6.07, 6.45) is 0.528. The first-order valence-corrected chi connectivity index (χ1v) is 5.45. The first kappa shape index (κ1) is 12.8. The molecule has 0 saturated heterocycles. The van der Waals surface area contributed by atoms with Gasteiger partial charge in [0.05, 0.1) is 11.1 Å². The van der Waals surface area contributed by atoms with E-state index in [4.69, 9.17) is 10.2 Å². The fraction of sp³-hybridized carbons (Fsp3) is 0.0714. The van der Waals surface area contributed by atoms with Crippen molar-refractivity contribution < 1.29 is 24.6 Å². The second kappa shape index (κ2) is 4.53. The van der Waals surface area contributed by atoms with Crippen molar-refractivity contribution in [2.24, 2.45) is 0 Å². The number of carboxylic acids is 2. The third-order valence-electron chi connectivity index (χ3n) is 2.99. The van der Waals surface area contributed by atoms with Crippen LogP contribution in [0.2, 0.25) is 0 Å². The molecule has 5 nitrogen and oxygen atoms in total. The number of hydrogen-bond acceptors (Lipinski definition) is 3. The van der Waals surface area contributed by atoms with Gasteiger partial charge < -0.3 is 10.2 Å².